The molecule has 6 heteroatoms. The van der Waals surface area contributed by atoms with Gasteiger partial charge < -0.3 is 10.1 Å². The number of nitrogens with one attached hydrogen (secondary N) is 1. The zero-order valence-electron chi connectivity index (χ0n) is 14.9. The maximum atomic E-state index is 12.2. The summed E-state index contributed by atoms with van der Waals surface area (Å²) >= 11 is 0. The first-order valence-corrected chi connectivity index (χ1v) is 8.74. The molecule has 1 aliphatic heterocycles. The van der Waals surface area contributed by atoms with Gasteiger partial charge in [0.2, 0.25) is 5.91 Å². The van der Waals surface area contributed by atoms with E-state index in [0.29, 0.717) is 19.6 Å². The highest BCUT2D eigenvalue weighted by Gasteiger charge is 2.23. The number of hydrogen-bond donors (Lipinski definition) is 1. The number of carbonyl (C=O) groups excluding carboxylic acids is 1. The molecule has 0 unspecified atom stereocenters. The van der Waals surface area contributed by atoms with Crippen molar-refractivity contribution in [2.24, 2.45) is 7.05 Å². The molecule has 1 aliphatic rings. The summed E-state index contributed by atoms with van der Waals surface area (Å²) in [7, 11) is 1.90. The number of ether oxygens (including phenoxy) is 1. The predicted octanol–water partition coefficient (Wildman–Crippen LogP) is 1.64. The number of amides is 1. The first kappa shape index (κ1) is 17.6. The van der Waals surface area contributed by atoms with Gasteiger partial charge in [-0.2, -0.15) is 5.10 Å². The lowest BCUT2D eigenvalue weighted by Gasteiger charge is -2.32. The van der Waals surface area contributed by atoms with Gasteiger partial charge in [0.1, 0.15) is 0 Å². The van der Waals surface area contributed by atoms with Gasteiger partial charge in [-0.05, 0) is 12.5 Å². The van der Waals surface area contributed by atoms with E-state index in [1.807, 2.05) is 24.7 Å². The summed E-state index contributed by atoms with van der Waals surface area (Å²) in [4.78, 5) is 14.6. The Balaban J connectivity index is 1.45. The average molecular weight is 342 g/mol. The van der Waals surface area contributed by atoms with Crippen molar-refractivity contribution in [1.29, 1.82) is 0 Å². The molecule has 0 aliphatic carbocycles. The minimum Gasteiger partial charge on any atom is -0.375 e. The van der Waals surface area contributed by atoms with Crippen LogP contribution in [0, 0.1) is 6.92 Å². The third kappa shape index (κ3) is 4.90. The van der Waals surface area contributed by atoms with Gasteiger partial charge >= 0.3 is 0 Å². The molecule has 25 heavy (non-hydrogen) atoms. The molecule has 1 atom stereocenters. The third-order valence-corrected chi connectivity index (χ3v) is 4.70. The Labute approximate surface area is 148 Å². The van der Waals surface area contributed by atoms with Crippen LogP contribution in [0.5, 0.6) is 0 Å². The Morgan fingerprint density at radius 2 is 2.16 bits per heavy atom. The van der Waals surface area contributed by atoms with E-state index in [4.69, 9.17) is 4.74 Å². The van der Waals surface area contributed by atoms with E-state index in [-0.39, 0.29) is 12.0 Å². The van der Waals surface area contributed by atoms with Crippen LogP contribution in [0.1, 0.15) is 23.2 Å². The van der Waals surface area contributed by atoms with Gasteiger partial charge in [-0.3, -0.25) is 14.4 Å². The number of aromatic nitrogens is 2. The molecule has 1 saturated heterocycles. The zero-order chi connectivity index (χ0) is 17.6. The molecule has 3 rings (SSSR count). The van der Waals surface area contributed by atoms with Crippen LogP contribution in [0.25, 0.3) is 0 Å². The first-order chi connectivity index (χ1) is 12.1. The maximum Gasteiger partial charge on any atom is 0.222 e. The van der Waals surface area contributed by atoms with Crippen molar-refractivity contribution >= 4 is 5.91 Å². The van der Waals surface area contributed by atoms with Crippen molar-refractivity contribution in [2.75, 3.05) is 19.7 Å². The SMILES string of the molecule is Cc1c(CNC(=O)C[C@H]2CN(Cc3ccccc3)CCO2)cnn1C. The lowest BCUT2D eigenvalue weighted by Crippen LogP contribution is -2.44. The van der Waals surface area contributed by atoms with Gasteiger partial charge in [0.15, 0.2) is 0 Å². The van der Waals surface area contributed by atoms with Crippen LogP contribution in [-0.2, 0) is 29.7 Å². The van der Waals surface area contributed by atoms with Crippen LogP contribution in [0.4, 0.5) is 0 Å². The van der Waals surface area contributed by atoms with Gasteiger partial charge in [-0.1, -0.05) is 30.3 Å². The Morgan fingerprint density at radius 1 is 1.36 bits per heavy atom. The Bertz CT molecular complexity index is 699. The second-order valence-corrected chi connectivity index (χ2v) is 6.57. The smallest absolute Gasteiger partial charge is 0.222 e. The number of aryl methyl sites for hydroxylation is 1. The van der Waals surface area contributed by atoms with Crippen molar-refractivity contribution in [1.82, 2.24) is 20.0 Å². The van der Waals surface area contributed by atoms with E-state index >= 15 is 0 Å². The molecule has 2 aromatic rings. The molecule has 6 nitrogen and oxygen atoms in total. The third-order valence-electron chi connectivity index (χ3n) is 4.70. The summed E-state index contributed by atoms with van der Waals surface area (Å²) < 4.78 is 7.59. The van der Waals surface area contributed by atoms with Gasteiger partial charge in [-0.25, -0.2) is 0 Å². The molecule has 2 heterocycles. The van der Waals surface area contributed by atoms with E-state index in [9.17, 15) is 4.79 Å². The molecule has 0 bridgehead atoms. The Kier molecular flexibility index (Phi) is 5.83. The van der Waals surface area contributed by atoms with Gasteiger partial charge in [0, 0.05) is 44.5 Å². The number of carbonyl (C=O) groups is 1. The minimum atomic E-state index is -0.0487. The molecule has 0 spiro atoms. The van der Waals surface area contributed by atoms with Crippen LogP contribution in [0.15, 0.2) is 36.5 Å². The van der Waals surface area contributed by atoms with E-state index in [1.54, 1.807) is 6.20 Å². The summed E-state index contributed by atoms with van der Waals surface area (Å²) in [5, 5.41) is 7.17. The molecule has 1 N–H and O–H groups in total. The molecule has 1 aromatic heterocycles. The molecule has 1 aromatic carbocycles. The molecule has 1 amide bonds. The van der Waals surface area contributed by atoms with Crippen LogP contribution < -0.4 is 5.32 Å². The van der Waals surface area contributed by atoms with E-state index < -0.39 is 0 Å². The second kappa shape index (κ2) is 8.27. The molecule has 134 valence electrons. The topological polar surface area (TPSA) is 59.4 Å². The summed E-state index contributed by atoms with van der Waals surface area (Å²) in [6, 6.07) is 10.4. The zero-order valence-corrected chi connectivity index (χ0v) is 14.9. The standard InChI is InChI=1S/C19H26N4O2/c1-15-17(12-21-22(15)2)11-20-19(24)10-18-14-23(8-9-25-18)13-16-6-4-3-5-7-16/h3-7,12,18H,8-11,13-14H2,1-2H3,(H,20,24)/t18-/m0/s1. The molecule has 0 radical (unpaired) electrons. The normalized spacial score (nSPS) is 18.2. The fourth-order valence-corrected chi connectivity index (χ4v) is 3.08. The lowest BCUT2D eigenvalue weighted by molar-refractivity contribution is -0.126. The highest BCUT2D eigenvalue weighted by Crippen LogP contribution is 2.13. The van der Waals surface area contributed by atoms with Gasteiger partial charge in [0.25, 0.3) is 0 Å². The molecular formula is C19H26N4O2. The van der Waals surface area contributed by atoms with E-state index in [0.717, 1.165) is 30.9 Å². The Morgan fingerprint density at radius 3 is 2.88 bits per heavy atom. The molecular weight excluding hydrogens is 316 g/mol. The number of rotatable bonds is 6. The van der Waals surface area contributed by atoms with Crippen LogP contribution in [0.2, 0.25) is 0 Å². The van der Waals surface area contributed by atoms with Crippen molar-refractivity contribution in [3.8, 4) is 0 Å². The van der Waals surface area contributed by atoms with Crippen LogP contribution >= 0.6 is 0 Å². The van der Waals surface area contributed by atoms with Crippen LogP contribution in [0.3, 0.4) is 0 Å². The number of morpholine rings is 1. The number of benzene rings is 1. The van der Waals surface area contributed by atoms with Gasteiger partial charge in [0.05, 0.1) is 25.3 Å². The number of hydrogen-bond acceptors (Lipinski definition) is 4. The monoisotopic (exact) mass is 342 g/mol. The highest BCUT2D eigenvalue weighted by molar-refractivity contribution is 5.76. The average Bonchev–Trinajstić information content (AvgIpc) is 2.93. The second-order valence-electron chi connectivity index (χ2n) is 6.57. The van der Waals surface area contributed by atoms with Gasteiger partial charge in [-0.15, -0.1) is 0 Å². The fraction of sp³-hybridized carbons (Fsp3) is 0.474. The summed E-state index contributed by atoms with van der Waals surface area (Å²) in [5.74, 6) is 0.0230. The summed E-state index contributed by atoms with van der Waals surface area (Å²) in [6.07, 6.45) is 2.14. The Hall–Kier alpha value is -2.18. The van der Waals surface area contributed by atoms with Crippen molar-refractivity contribution in [3.63, 3.8) is 0 Å². The van der Waals surface area contributed by atoms with Crippen molar-refractivity contribution in [3.05, 3.63) is 53.3 Å². The van der Waals surface area contributed by atoms with Crippen molar-refractivity contribution in [2.45, 2.75) is 32.5 Å². The minimum absolute atomic E-state index is 0.0230. The highest BCUT2D eigenvalue weighted by atomic mass is 16.5. The first-order valence-electron chi connectivity index (χ1n) is 8.74. The van der Waals surface area contributed by atoms with E-state index in [2.05, 4.69) is 39.6 Å². The van der Waals surface area contributed by atoms with E-state index in [1.165, 1.54) is 5.56 Å². The van der Waals surface area contributed by atoms with Crippen LogP contribution in [-0.4, -0.2) is 46.4 Å². The van der Waals surface area contributed by atoms with Crippen molar-refractivity contribution < 1.29 is 9.53 Å². The number of nitrogens with zero attached hydrogens (tertiary/aromatic N) is 3. The largest absolute Gasteiger partial charge is 0.375 e. The quantitative estimate of drug-likeness (QED) is 0.867. The predicted molar refractivity (Wildman–Crippen MR) is 95.9 cm³/mol. The fourth-order valence-electron chi connectivity index (χ4n) is 3.08. The molecule has 1 fully saturated rings. The maximum absolute atomic E-state index is 12.2. The lowest BCUT2D eigenvalue weighted by atomic mass is 10.1. The summed E-state index contributed by atoms with van der Waals surface area (Å²) in [5.41, 5.74) is 3.41. The molecule has 0 saturated carbocycles. The summed E-state index contributed by atoms with van der Waals surface area (Å²) in [6.45, 7) is 5.78.